The minimum Gasteiger partial charge on any atom is -0.461 e. The average molecular weight is 222 g/mol. The molecule has 0 aromatic carbocycles. The monoisotopic (exact) mass is 222 g/mol. The van der Waals surface area contributed by atoms with Crippen LogP contribution in [0.3, 0.4) is 0 Å². The SMILES string of the molecule is C/C=C/c1cc(=O)c2c(o1)C[C@@H](O)C[C@H]2O. The van der Waals surface area contributed by atoms with Crippen molar-refractivity contribution in [2.24, 2.45) is 0 Å². The molecule has 4 nitrogen and oxygen atoms in total. The van der Waals surface area contributed by atoms with Crippen molar-refractivity contribution in [3.8, 4) is 0 Å². The molecule has 0 saturated heterocycles. The van der Waals surface area contributed by atoms with Gasteiger partial charge in [0.05, 0.1) is 17.8 Å². The summed E-state index contributed by atoms with van der Waals surface area (Å²) >= 11 is 0. The maximum Gasteiger partial charge on any atom is 0.191 e. The molecule has 16 heavy (non-hydrogen) atoms. The lowest BCUT2D eigenvalue weighted by Gasteiger charge is -2.23. The molecule has 1 aliphatic carbocycles. The Labute approximate surface area is 92.8 Å². The van der Waals surface area contributed by atoms with Crippen LogP contribution in [0.2, 0.25) is 0 Å². The first-order valence-corrected chi connectivity index (χ1v) is 5.27. The Morgan fingerprint density at radius 2 is 2.25 bits per heavy atom. The zero-order valence-corrected chi connectivity index (χ0v) is 9.01. The van der Waals surface area contributed by atoms with Gasteiger partial charge in [0.1, 0.15) is 11.5 Å². The summed E-state index contributed by atoms with van der Waals surface area (Å²) in [7, 11) is 0. The Balaban J connectivity index is 2.54. The second kappa shape index (κ2) is 4.23. The second-order valence-corrected chi connectivity index (χ2v) is 3.96. The van der Waals surface area contributed by atoms with Crippen LogP contribution in [0, 0.1) is 0 Å². The standard InChI is InChI=1S/C12H14O4/c1-2-3-8-6-10(15)12-9(14)4-7(13)5-11(12)16-8/h2-3,6-7,9,13-14H,4-5H2,1H3/b3-2+/t7-,9+/m0/s1. The summed E-state index contributed by atoms with van der Waals surface area (Å²) in [5.74, 6) is 0.847. The number of aliphatic hydroxyl groups is 2. The molecule has 0 bridgehead atoms. The van der Waals surface area contributed by atoms with Crippen molar-refractivity contribution in [2.45, 2.75) is 32.0 Å². The Hall–Kier alpha value is -1.39. The molecule has 0 saturated carbocycles. The summed E-state index contributed by atoms with van der Waals surface area (Å²) in [5, 5.41) is 19.2. The van der Waals surface area contributed by atoms with Gasteiger partial charge in [0.25, 0.3) is 0 Å². The molecular formula is C12H14O4. The van der Waals surface area contributed by atoms with E-state index >= 15 is 0 Å². The van der Waals surface area contributed by atoms with Gasteiger partial charge in [-0.2, -0.15) is 0 Å². The summed E-state index contributed by atoms with van der Waals surface area (Å²) in [6.45, 7) is 1.82. The highest BCUT2D eigenvalue weighted by atomic mass is 16.3. The number of rotatable bonds is 1. The fourth-order valence-corrected chi connectivity index (χ4v) is 1.99. The van der Waals surface area contributed by atoms with Gasteiger partial charge in [0, 0.05) is 18.9 Å². The van der Waals surface area contributed by atoms with Gasteiger partial charge in [-0.05, 0) is 13.0 Å². The number of fused-ring (bicyclic) bond motifs is 1. The molecule has 2 atom stereocenters. The van der Waals surface area contributed by atoms with Crippen molar-refractivity contribution in [3.63, 3.8) is 0 Å². The average Bonchev–Trinajstić information content (AvgIpc) is 2.15. The van der Waals surface area contributed by atoms with Crippen LogP contribution >= 0.6 is 0 Å². The normalized spacial score (nSPS) is 24.7. The van der Waals surface area contributed by atoms with Crippen molar-refractivity contribution in [1.82, 2.24) is 0 Å². The van der Waals surface area contributed by atoms with Crippen molar-refractivity contribution in [3.05, 3.63) is 39.4 Å². The highest BCUT2D eigenvalue weighted by Crippen LogP contribution is 2.27. The maximum absolute atomic E-state index is 11.7. The van der Waals surface area contributed by atoms with Crippen molar-refractivity contribution < 1.29 is 14.6 Å². The van der Waals surface area contributed by atoms with E-state index in [4.69, 9.17) is 4.42 Å². The quantitative estimate of drug-likeness (QED) is 0.744. The summed E-state index contributed by atoms with van der Waals surface area (Å²) in [5.41, 5.74) is 0.0623. The first-order chi connectivity index (χ1) is 7.61. The van der Waals surface area contributed by atoms with Crippen LogP contribution in [-0.4, -0.2) is 16.3 Å². The second-order valence-electron chi connectivity index (χ2n) is 3.96. The zero-order chi connectivity index (χ0) is 11.7. The van der Waals surface area contributed by atoms with E-state index in [-0.39, 0.29) is 18.3 Å². The largest absolute Gasteiger partial charge is 0.461 e. The molecule has 0 radical (unpaired) electrons. The van der Waals surface area contributed by atoms with E-state index in [0.29, 0.717) is 17.1 Å². The first kappa shape index (κ1) is 11.1. The lowest BCUT2D eigenvalue weighted by Crippen LogP contribution is -2.28. The molecule has 2 rings (SSSR count). The highest BCUT2D eigenvalue weighted by molar-refractivity contribution is 5.43. The predicted octanol–water partition coefficient (Wildman–Crippen LogP) is 1.01. The van der Waals surface area contributed by atoms with Gasteiger partial charge in [-0.1, -0.05) is 6.08 Å². The fourth-order valence-electron chi connectivity index (χ4n) is 1.99. The van der Waals surface area contributed by atoms with Crippen molar-refractivity contribution in [1.29, 1.82) is 0 Å². The van der Waals surface area contributed by atoms with Gasteiger partial charge < -0.3 is 14.6 Å². The molecule has 1 aromatic heterocycles. The van der Waals surface area contributed by atoms with Gasteiger partial charge in [-0.3, -0.25) is 4.79 Å². The topological polar surface area (TPSA) is 70.7 Å². The summed E-state index contributed by atoms with van der Waals surface area (Å²) < 4.78 is 5.46. The fraction of sp³-hybridized carbons (Fsp3) is 0.417. The van der Waals surface area contributed by atoms with Crippen molar-refractivity contribution >= 4 is 6.08 Å². The summed E-state index contributed by atoms with van der Waals surface area (Å²) in [6.07, 6.45) is 2.35. The molecule has 2 N–H and O–H groups in total. The Morgan fingerprint density at radius 1 is 1.50 bits per heavy atom. The Kier molecular flexibility index (Phi) is 2.94. The zero-order valence-electron chi connectivity index (χ0n) is 9.01. The van der Waals surface area contributed by atoms with Crippen LogP contribution in [0.15, 0.2) is 21.4 Å². The minimum absolute atomic E-state index is 0.195. The number of hydrogen-bond acceptors (Lipinski definition) is 4. The summed E-state index contributed by atoms with van der Waals surface area (Å²) in [4.78, 5) is 11.7. The van der Waals surface area contributed by atoms with E-state index in [0.717, 1.165) is 0 Å². The Morgan fingerprint density at radius 3 is 2.94 bits per heavy atom. The van der Waals surface area contributed by atoms with E-state index in [2.05, 4.69) is 0 Å². The first-order valence-electron chi connectivity index (χ1n) is 5.27. The molecule has 86 valence electrons. The predicted molar refractivity (Wildman–Crippen MR) is 59.0 cm³/mol. The lowest BCUT2D eigenvalue weighted by molar-refractivity contribution is 0.0593. The summed E-state index contributed by atoms with van der Waals surface area (Å²) in [6, 6.07) is 1.36. The van der Waals surface area contributed by atoms with Gasteiger partial charge in [0.15, 0.2) is 5.43 Å². The van der Waals surface area contributed by atoms with Crippen LogP contribution in [0.5, 0.6) is 0 Å². The third-order valence-corrected chi connectivity index (χ3v) is 2.66. The van der Waals surface area contributed by atoms with E-state index < -0.39 is 12.2 Å². The van der Waals surface area contributed by atoms with Crippen LogP contribution in [0.1, 0.15) is 36.5 Å². The number of allylic oxidation sites excluding steroid dienone is 1. The van der Waals surface area contributed by atoms with Crippen LogP contribution in [0.4, 0.5) is 0 Å². The van der Waals surface area contributed by atoms with Crippen LogP contribution in [-0.2, 0) is 6.42 Å². The van der Waals surface area contributed by atoms with Gasteiger partial charge in [0.2, 0.25) is 0 Å². The molecule has 0 fully saturated rings. The van der Waals surface area contributed by atoms with E-state index in [1.54, 1.807) is 12.2 Å². The van der Waals surface area contributed by atoms with Gasteiger partial charge in [-0.25, -0.2) is 0 Å². The van der Waals surface area contributed by atoms with E-state index in [1.165, 1.54) is 6.07 Å². The molecule has 1 aromatic rings. The lowest BCUT2D eigenvalue weighted by atomic mass is 9.92. The smallest absolute Gasteiger partial charge is 0.191 e. The number of hydrogen-bond donors (Lipinski definition) is 2. The van der Waals surface area contributed by atoms with Crippen molar-refractivity contribution in [2.75, 3.05) is 0 Å². The molecule has 0 spiro atoms. The number of aliphatic hydroxyl groups excluding tert-OH is 2. The van der Waals surface area contributed by atoms with E-state index in [9.17, 15) is 15.0 Å². The van der Waals surface area contributed by atoms with E-state index in [1.807, 2.05) is 6.92 Å². The third-order valence-electron chi connectivity index (χ3n) is 2.66. The third kappa shape index (κ3) is 1.94. The molecule has 1 heterocycles. The minimum atomic E-state index is -0.922. The highest BCUT2D eigenvalue weighted by Gasteiger charge is 2.28. The maximum atomic E-state index is 11.7. The molecule has 1 aliphatic rings. The van der Waals surface area contributed by atoms with Crippen LogP contribution < -0.4 is 5.43 Å². The molecule has 0 unspecified atom stereocenters. The van der Waals surface area contributed by atoms with Gasteiger partial charge in [-0.15, -0.1) is 0 Å². The Bertz CT molecular complexity index is 472. The van der Waals surface area contributed by atoms with Gasteiger partial charge >= 0.3 is 0 Å². The van der Waals surface area contributed by atoms with Crippen LogP contribution in [0.25, 0.3) is 6.08 Å². The molecular weight excluding hydrogens is 208 g/mol. The molecule has 0 aliphatic heterocycles. The molecule has 4 heteroatoms. The molecule has 0 amide bonds.